The minimum Gasteiger partial charge on any atom is -0.372 e. The van der Waals surface area contributed by atoms with Crippen LogP contribution < -0.4 is 11.5 Å². The molecule has 0 saturated carbocycles. The molecule has 1 unspecified atom stereocenters. The summed E-state index contributed by atoms with van der Waals surface area (Å²) in [6.45, 7) is 0.439. The lowest BCUT2D eigenvalue weighted by Crippen LogP contribution is -2.44. The maximum atomic E-state index is 8.90. The number of aliphatic hydroxyl groups excluding tert-OH is 1. The molecule has 7 N–H and O–H groups in total. The molecule has 0 radical (unpaired) electrons. The Kier molecular flexibility index (Phi) is 5.44. The summed E-state index contributed by atoms with van der Waals surface area (Å²) in [6.07, 6.45) is -1.67. The molecular formula is C4H12N2O3S2. The zero-order valence-corrected chi connectivity index (χ0v) is 7.44. The van der Waals surface area contributed by atoms with Gasteiger partial charge < -0.3 is 26.8 Å². The maximum Gasteiger partial charge on any atom is 0.264 e. The van der Waals surface area contributed by atoms with Crippen LogP contribution in [0.25, 0.3) is 0 Å². The maximum absolute atomic E-state index is 8.90. The van der Waals surface area contributed by atoms with Gasteiger partial charge in [-0.2, -0.15) is 0 Å². The van der Waals surface area contributed by atoms with Crippen LogP contribution in [0.2, 0.25) is 0 Å². The SMILES string of the molecule is NCCSSC(O)(O)C(N)O. The topological polar surface area (TPSA) is 113 Å². The normalized spacial score (nSPS) is 15.0. The molecule has 0 fully saturated rings. The average Bonchev–Trinajstić information content (AvgIpc) is 1.88. The summed E-state index contributed by atoms with van der Waals surface area (Å²) < 4.78 is 0. The van der Waals surface area contributed by atoms with E-state index in [-0.39, 0.29) is 0 Å². The molecule has 5 nitrogen and oxygen atoms in total. The van der Waals surface area contributed by atoms with E-state index in [0.717, 1.165) is 10.8 Å². The zero-order chi connectivity index (χ0) is 8.91. The number of aliphatic hydroxyl groups is 3. The van der Waals surface area contributed by atoms with E-state index in [9.17, 15) is 0 Å². The first-order chi connectivity index (χ1) is 5.00. The van der Waals surface area contributed by atoms with Gasteiger partial charge in [0.25, 0.3) is 5.12 Å². The first-order valence-electron chi connectivity index (χ1n) is 2.90. The van der Waals surface area contributed by atoms with E-state index in [2.05, 4.69) is 0 Å². The van der Waals surface area contributed by atoms with Gasteiger partial charge >= 0.3 is 0 Å². The Bertz CT molecular complexity index is 112. The molecule has 68 valence electrons. The van der Waals surface area contributed by atoms with Crippen LogP contribution in [0.4, 0.5) is 0 Å². The fraction of sp³-hybridized carbons (Fsp3) is 1.00. The van der Waals surface area contributed by atoms with Crippen LogP contribution in [-0.4, -0.2) is 39.0 Å². The third-order valence-corrected chi connectivity index (χ3v) is 3.36. The predicted molar refractivity (Wildman–Crippen MR) is 46.5 cm³/mol. The molecule has 7 heteroatoms. The van der Waals surface area contributed by atoms with Gasteiger partial charge in [0.2, 0.25) is 0 Å². The highest BCUT2D eigenvalue weighted by Gasteiger charge is 2.31. The summed E-state index contributed by atoms with van der Waals surface area (Å²) in [4.78, 5) is 0. The van der Waals surface area contributed by atoms with E-state index in [1.165, 1.54) is 0 Å². The van der Waals surface area contributed by atoms with Gasteiger partial charge in [-0.3, -0.25) is 0 Å². The Labute approximate surface area is 72.5 Å². The Hall–Kier alpha value is 0.500. The monoisotopic (exact) mass is 200 g/mol. The standard InChI is InChI=1S/C4H12N2O3S2/c5-1-2-10-11-4(8,9)3(6)7/h3,7-9H,1-2,5-6H2. The summed E-state index contributed by atoms with van der Waals surface area (Å²) >= 11 is 0. The smallest absolute Gasteiger partial charge is 0.264 e. The summed E-state index contributed by atoms with van der Waals surface area (Å²) in [6, 6.07) is 0. The van der Waals surface area contributed by atoms with Gasteiger partial charge in [0.15, 0.2) is 6.23 Å². The van der Waals surface area contributed by atoms with E-state index < -0.39 is 11.3 Å². The molecule has 11 heavy (non-hydrogen) atoms. The summed E-state index contributed by atoms with van der Waals surface area (Å²) in [5.41, 5.74) is 9.99. The molecule has 0 aliphatic rings. The minimum absolute atomic E-state index is 0.439. The molecule has 0 aromatic rings. The zero-order valence-electron chi connectivity index (χ0n) is 5.80. The van der Waals surface area contributed by atoms with Crippen LogP contribution >= 0.6 is 21.6 Å². The van der Waals surface area contributed by atoms with E-state index in [0.29, 0.717) is 23.1 Å². The molecule has 0 aromatic heterocycles. The predicted octanol–water partition coefficient (Wildman–Crippen LogP) is -1.76. The van der Waals surface area contributed by atoms with Gasteiger partial charge in [0.1, 0.15) is 0 Å². The fourth-order valence-electron chi connectivity index (χ4n) is 0.226. The van der Waals surface area contributed by atoms with Crippen molar-refractivity contribution in [1.82, 2.24) is 0 Å². The molecule has 0 heterocycles. The summed E-state index contributed by atoms with van der Waals surface area (Å²) in [5.74, 6) is 0.570. The van der Waals surface area contributed by atoms with Crippen molar-refractivity contribution in [3.8, 4) is 0 Å². The van der Waals surface area contributed by atoms with E-state index in [1.807, 2.05) is 0 Å². The molecule has 0 saturated heterocycles. The lowest BCUT2D eigenvalue weighted by molar-refractivity contribution is -0.149. The Morgan fingerprint density at radius 1 is 1.45 bits per heavy atom. The number of nitrogens with two attached hydrogens (primary N) is 2. The number of hydrogen-bond donors (Lipinski definition) is 5. The molecule has 0 aliphatic carbocycles. The van der Waals surface area contributed by atoms with E-state index in [4.69, 9.17) is 26.8 Å². The number of hydrogen-bond acceptors (Lipinski definition) is 7. The largest absolute Gasteiger partial charge is 0.372 e. The van der Waals surface area contributed by atoms with Gasteiger partial charge in [0, 0.05) is 12.3 Å². The lowest BCUT2D eigenvalue weighted by atomic mass is 10.6. The number of rotatable bonds is 5. The Balaban J connectivity index is 3.55. The molecule has 0 bridgehead atoms. The molecule has 0 rings (SSSR count). The lowest BCUT2D eigenvalue weighted by Gasteiger charge is -2.22. The third kappa shape index (κ3) is 4.86. The van der Waals surface area contributed by atoms with Gasteiger partial charge in [-0.15, -0.1) is 0 Å². The molecular weight excluding hydrogens is 188 g/mol. The second kappa shape index (κ2) is 5.20. The average molecular weight is 200 g/mol. The van der Waals surface area contributed by atoms with E-state index >= 15 is 0 Å². The second-order valence-corrected chi connectivity index (χ2v) is 4.42. The first-order valence-corrected chi connectivity index (χ1v) is 5.21. The minimum atomic E-state index is -2.29. The first kappa shape index (κ1) is 11.5. The molecule has 0 aromatic carbocycles. The highest BCUT2D eigenvalue weighted by atomic mass is 33.1. The summed E-state index contributed by atoms with van der Waals surface area (Å²) in [7, 11) is 1.82. The third-order valence-electron chi connectivity index (χ3n) is 0.768. The van der Waals surface area contributed by atoms with Crippen LogP contribution in [-0.2, 0) is 0 Å². The highest BCUT2D eigenvalue weighted by Crippen LogP contribution is 2.32. The van der Waals surface area contributed by atoms with Crippen molar-refractivity contribution in [2.75, 3.05) is 12.3 Å². The van der Waals surface area contributed by atoms with Crippen LogP contribution in [0.3, 0.4) is 0 Å². The molecule has 1 atom stereocenters. The van der Waals surface area contributed by atoms with Gasteiger partial charge in [-0.1, -0.05) is 10.8 Å². The molecule has 0 spiro atoms. The van der Waals surface area contributed by atoms with Crippen molar-refractivity contribution in [2.45, 2.75) is 11.3 Å². The van der Waals surface area contributed by atoms with Crippen LogP contribution in [0.15, 0.2) is 0 Å². The van der Waals surface area contributed by atoms with Crippen LogP contribution in [0.1, 0.15) is 0 Å². The van der Waals surface area contributed by atoms with E-state index in [1.54, 1.807) is 0 Å². The van der Waals surface area contributed by atoms with Gasteiger partial charge in [0.05, 0.1) is 0 Å². The van der Waals surface area contributed by atoms with Crippen molar-refractivity contribution < 1.29 is 15.3 Å². The Morgan fingerprint density at radius 3 is 2.36 bits per heavy atom. The van der Waals surface area contributed by atoms with Crippen molar-refractivity contribution in [3.05, 3.63) is 0 Å². The second-order valence-electron chi connectivity index (χ2n) is 1.80. The van der Waals surface area contributed by atoms with Gasteiger partial charge in [-0.05, 0) is 10.8 Å². The van der Waals surface area contributed by atoms with Crippen molar-refractivity contribution in [2.24, 2.45) is 11.5 Å². The van der Waals surface area contributed by atoms with Gasteiger partial charge in [-0.25, -0.2) is 0 Å². The Morgan fingerprint density at radius 2 is 2.00 bits per heavy atom. The molecule has 0 amide bonds. The quantitative estimate of drug-likeness (QED) is 0.203. The van der Waals surface area contributed by atoms with Crippen LogP contribution in [0.5, 0.6) is 0 Å². The van der Waals surface area contributed by atoms with Crippen molar-refractivity contribution in [1.29, 1.82) is 0 Å². The highest BCUT2D eigenvalue weighted by molar-refractivity contribution is 8.77. The van der Waals surface area contributed by atoms with Crippen molar-refractivity contribution >= 4 is 21.6 Å². The fourth-order valence-corrected chi connectivity index (χ4v) is 2.03. The van der Waals surface area contributed by atoms with Crippen molar-refractivity contribution in [3.63, 3.8) is 0 Å². The summed E-state index contributed by atoms with van der Waals surface area (Å²) in [5, 5.41) is 24.1. The molecule has 0 aliphatic heterocycles. The van der Waals surface area contributed by atoms with Crippen LogP contribution in [0, 0.1) is 0 Å².